The summed E-state index contributed by atoms with van der Waals surface area (Å²) in [6, 6.07) is 7.40. The average Bonchev–Trinajstić information content (AvgIpc) is 2.47. The van der Waals surface area contributed by atoms with Gasteiger partial charge in [-0.3, -0.25) is 0 Å². The Hall–Kier alpha value is -0.910. The molecular weight excluding hydrogens is 284 g/mol. The summed E-state index contributed by atoms with van der Waals surface area (Å²) < 4.78 is 26.4. The second-order valence-electron chi connectivity index (χ2n) is 5.65. The van der Waals surface area contributed by atoms with Crippen molar-refractivity contribution in [3.05, 3.63) is 29.8 Å². The Balaban J connectivity index is 2.89. The SMILES string of the molecule is CCNC(C)c1ccc(S(=O)(=O)N(C)CC(C)CC)cc1. The van der Waals surface area contributed by atoms with Gasteiger partial charge in [0.25, 0.3) is 0 Å². The maximum Gasteiger partial charge on any atom is 0.242 e. The fraction of sp³-hybridized carbons (Fsp3) is 0.625. The van der Waals surface area contributed by atoms with Crippen molar-refractivity contribution in [3.8, 4) is 0 Å². The van der Waals surface area contributed by atoms with Crippen molar-refractivity contribution in [3.63, 3.8) is 0 Å². The second kappa shape index (κ2) is 7.92. The van der Waals surface area contributed by atoms with Crippen LogP contribution in [0.25, 0.3) is 0 Å². The highest BCUT2D eigenvalue weighted by atomic mass is 32.2. The van der Waals surface area contributed by atoms with Crippen LogP contribution in [0.1, 0.15) is 45.7 Å². The van der Waals surface area contributed by atoms with Gasteiger partial charge in [-0.25, -0.2) is 12.7 Å². The summed E-state index contributed by atoms with van der Waals surface area (Å²) in [7, 11) is -1.74. The maximum atomic E-state index is 12.5. The Morgan fingerprint density at radius 3 is 2.19 bits per heavy atom. The number of nitrogens with zero attached hydrogens (tertiary/aromatic N) is 1. The summed E-state index contributed by atoms with van der Waals surface area (Å²) >= 11 is 0. The molecule has 1 N–H and O–H groups in total. The van der Waals surface area contributed by atoms with Crippen molar-refractivity contribution in [2.45, 2.75) is 45.1 Å². The second-order valence-corrected chi connectivity index (χ2v) is 7.69. The molecule has 1 rings (SSSR count). The van der Waals surface area contributed by atoms with Gasteiger partial charge in [0, 0.05) is 19.6 Å². The van der Waals surface area contributed by atoms with Crippen LogP contribution in [0.15, 0.2) is 29.2 Å². The van der Waals surface area contributed by atoms with Gasteiger partial charge in [-0.2, -0.15) is 0 Å². The molecule has 0 amide bonds. The van der Waals surface area contributed by atoms with Gasteiger partial charge in [-0.05, 0) is 37.1 Å². The van der Waals surface area contributed by atoms with Gasteiger partial charge in [0.1, 0.15) is 0 Å². The first kappa shape index (κ1) is 18.1. The molecule has 0 aliphatic heterocycles. The monoisotopic (exact) mass is 312 g/mol. The van der Waals surface area contributed by atoms with Gasteiger partial charge in [-0.15, -0.1) is 0 Å². The van der Waals surface area contributed by atoms with Gasteiger partial charge in [0.2, 0.25) is 10.0 Å². The molecule has 0 radical (unpaired) electrons. The molecule has 0 aromatic heterocycles. The minimum absolute atomic E-state index is 0.226. The molecule has 0 saturated carbocycles. The minimum Gasteiger partial charge on any atom is -0.310 e. The van der Waals surface area contributed by atoms with Gasteiger partial charge < -0.3 is 5.32 Å². The number of rotatable bonds is 8. The van der Waals surface area contributed by atoms with Crippen LogP contribution >= 0.6 is 0 Å². The lowest BCUT2D eigenvalue weighted by Crippen LogP contribution is -2.31. The predicted octanol–water partition coefficient (Wildman–Crippen LogP) is 3.02. The lowest BCUT2D eigenvalue weighted by Gasteiger charge is -2.21. The number of nitrogens with one attached hydrogen (secondary N) is 1. The lowest BCUT2D eigenvalue weighted by atomic mass is 10.1. The molecule has 0 fully saturated rings. The number of hydrogen-bond acceptors (Lipinski definition) is 3. The lowest BCUT2D eigenvalue weighted by molar-refractivity contribution is 0.393. The van der Waals surface area contributed by atoms with Crippen molar-refractivity contribution >= 4 is 10.0 Å². The fourth-order valence-electron chi connectivity index (χ4n) is 2.20. The van der Waals surface area contributed by atoms with Gasteiger partial charge in [0.15, 0.2) is 0 Å². The number of sulfonamides is 1. The summed E-state index contributed by atoms with van der Waals surface area (Å²) in [6.45, 7) is 9.70. The molecule has 2 unspecified atom stereocenters. The van der Waals surface area contributed by atoms with Crippen LogP contribution in [-0.2, 0) is 10.0 Å². The van der Waals surface area contributed by atoms with E-state index in [2.05, 4.69) is 33.0 Å². The zero-order valence-electron chi connectivity index (χ0n) is 13.8. The van der Waals surface area contributed by atoms with E-state index in [0.29, 0.717) is 17.4 Å². The van der Waals surface area contributed by atoms with Crippen molar-refractivity contribution < 1.29 is 8.42 Å². The molecule has 4 nitrogen and oxygen atoms in total. The molecule has 1 aromatic rings. The molecule has 0 aliphatic carbocycles. The first-order chi connectivity index (χ1) is 9.82. The Morgan fingerprint density at radius 2 is 1.71 bits per heavy atom. The van der Waals surface area contributed by atoms with E-state index in [1.807, 2.05) is 12.1 Å². The third-order valence-electron chi connectivity index (χ3n) is 3.86. The van der Waals surface area contributed by atoms with Crippen LogP contribution < -0.4 is 5.32 Å². The summed E-state index contributed by atoms with van der Waals surface area (Å²) in [5, 5.41) is 3.32. The van der Waals surface area contributed by atoms with E-state index < -0.39 is 10.0 Å². The van der Waals surface area contributed by atoms with E-state index in [1.165, 1.54) is 4.31 Å². The van der Waals surface area contributed by atoms with Crippen LogP contribution in [-0.4, -0.2) is 32.9 Å². The molecular formula is C16H28N2O2S. The van der Waals surface area contributed by atoms with Gasteiger partial charge in [0.05, 0.1) is 4.90 Å². The molecule has 0 bridgehead atoms. The number of hydrogen-bond donors (Lipinski definition) is 1. The van der Waals surface area contributed by atoms with E-state index in [4.69, 9.17) is 0 Å². The highest BCUT2D eigenvalue weighted by Crippen LogP contribution is 2.19. The normalized spacial score (nSPS) is 15.1. The van der Waals surface area contributed by atoms with E-state index in [0.717, 1.165) is 18.5 Å². The standard InChI is InChI=1S/C16H28N2O2S/c1-6-13(3)12-18(5)21(19,20)16-10-8-15(9-11-16)14(4)17-7-2/h8-11,13-14,17H,6-7,12H2,1-5H3. The molecule has 21 heavy (non-hydrogen) atoms. The molecule has 120 valence electrons. The summed E-state index contributed by atoms with van der Waals surface area (Å²) in [5.41, 5.74) is 1.10. The first-order valence-corrected chi connectivity index (χ1v) is 9.06. The fourth-order valence-corrected chi connectivity index (χ4v) is 3.49. The van der Waals surface area contributed by atoms with Gasteiger partial charge >= 0.3 is 0 Å². The van der Waals surface area contributed by atoms with E-state index in [-0.39, 0.29) is 6.04 Å². The highest BCUT2D eigenvalue weighted by Gasteiger charge is 2.22. The zero-order chi connectivity index (χ0) is 16.0. The average molecular weight is 312 g/mol. The molecule has 0 heterocycles. The predicted molar refractivity (Wildman–Crippen MR) is 87.8 cm³/mol. The van der Waals surface area contributed by atoms with Crippen molar-refractivity contribution in [1.29, 1.82) is 0 Å². The summed E-state index contributed by atoms with van der Waals surface area (Å²) in [6.07, 6.45) is 0.971. The zero-order valence-corrected chi connectivity index (χ0v) is 14.6. The smallest absolute Gasteiger partial charge is 0.242 e. The highest BCUT2D eigenvalue weighted by molar-refractivity contribution is 7.89. The van der Waals surface area contributed by atoms with E-state index >= 15 is 0 Å². The van der Waals surface area contributed by atoms with Crippen molar-refractivity contribution in [2.75, 3.05) is 20.1 Å². The van der Waals surface area contributed by atoms with Crippen molar-refractivity contribution in [2.24, 2.45) is 5.92 Å². The number of benzene rings is 1. The molecule has 5 heteroatoms. The molecule has 2 atom stereocenters. The minimum atomic E-state index is -3.39. The Morgan fingerprint density at radius 1 is 1.14 bits per heavy atom. The third-order valence-corrected chi connectivity index (χ3v) is 5.70. The van der Waals surface area contributed by atoms with Crippen LogP contribution in [0.3, 0.4) is 0 Å². The van der Waals surface area contributed by atoms with Crippen LogP contribution in [0.5, 0.6) is 0 Å². The first-order valence-electron chi connectivity index (χ1n) is 7.62. The van der Waals surface area contributed by atoms with E-state index in [1.54, 1.807) is 19.2 Å². The topological polar surface area (TPSA) is 49.4 Å². The summed E-state index contributed by atoms with van der Waals surface area (Å²) in [5.74, 6) is 0.359. The van der Waals surface area contributed by atoms with Crippen LogP contribution in [0.4, 0.5) is 0 Å². The van der Waals surface area contributed by atoms with Crippen LogP contribution in [0, 0.1) is 5.92 Å². The Labute approximate surface area is 129 Å². The van der Waals surface area contributed by atoms with Crippen LogP contribution in [0.2, 0.25) is 0 Å². The summed E-state index contributed by atoms with van der Waals surface area (Å²) in [4.78, 5) is 0.362. The molecule has 1 aromatic carbocycles. The Bertz CT molecular complexity index is 526. The quantitative estimate of drug-likeness (QED) is 0.803. The van der Waals surface area contributed by atoms with Crippen molar-refractivity contribution in [1.82, 2.24) is 9.62 Å². The van der Waals surface area contributed by atoms with E-state index in [9.17, 15) is 8.42 Å². The largest absolute Gasteiger partial charge is 0.310 e. The molecule has 0 aliphatic rings. The molecule has 0 saturated heterocycles. The molecule has 0 spiro atoms. The Kier molecular flexibility index (Phi) is 6.84. The van der Waals surface area contributed by atoms with Gasteiger partial charge in [-0.1, -0.05) is 39.3 Å². The third kappa shape index (κ3) is 4.80. The maximum absolute atomic E-state index is 12.5.